The Morgan fingerprint density at radius 2 is 1.13 bits per heavy atom. The van der Waals surface area contributed by atoms with Gasteiger partial charge in [0, 0.05) is 5.16 Å². The van der Waals surface area contributed by atoms with Gasteiger partial charge in [0.1, 0.15) is 0 Å². The summed E-state index contributed by atoms with van der Waals surface area (Å²) < 4.78 is 0. The molecule has 3 aliphatic heterocycles. The summed E-state index contributed by atoms with van der Waals surface area (Å²) in [6.45, 7) is 17.9. The van der Waals surface area contributed by atoms with E-state index in [1.54, 1.807) is 27.3 Å². The van der Waals surface area contributed by atoms with Gasteiger partial charge >= 0.3 is 0 Å². The summed E-state index contributed by atoms with van der Waals surface area (Å²) in [6.07, 6.45) is 8.25. The minimum atomic E-state index is -0.244. The lowest BCUT2D eigenvalue weighted by atomic mass is 9.87. The largest absolute Gasteiger partial charge is 0.0631 e. The topological polar surface area (TPSA) is 0 Å². The van der Waals surface area contributed by atoms with Crippen LogP contribution in [-0.2, 0) is 5.16 Å². The van der Waals surface area contributed by atoms with Gasteiger partial charge in [0.15, 0.2) is 0 Å². The third-order valence-electron chi connectivity index (χ3n) is 8.61. The molecule has 0 spiro atoms. The van der Waals surface area contributed by atoms with Crippen LogP contribution < -0.4 is 10.6 Å². The molecular formula is C29H40P2. The summed E-state index contributed by atoms with van der Waals surface area (Å²) in [5, 5.41) is 5.11. The summed E-state index contributed by atoms with van der Waals surface area (Å²) in [6, 6.07) is 16.8. The average molecular weight is 451 g/mol. The maximum Gasteiger partial charge on any atom is 0.0178 e. The zero-order valence-electron chi connectivity index (χ0n) is 20.7. The van der Waals surface area contributed by atoms with Crippen molar-refractivity contribution in [3.05, 3.63) is 48.0 Å². The van der Waals surface area contributed by atoms with E-state index in [4.69, 9.17) is 0 Å². The van der Waals surface area contributed by atoms with Crippen molar-refractivity contribution in [3.8, 4) is 11.1 Å². The molecular weight excluding hydrogens is 410 g/mol. The van der Waals surface area contributed by atoms with E-state index in [1.807, 2.05) is 0 Å². The maximum absolute atomic E-state index is 2.58. The first kappa shape index (κ1) is 22.1. The highest BCUT2D eigenvalue weighted by atomic mass is 31.1. The fraction of sp³-hybridized carbons (Fsp3) is 0.586. The van der Waals surface area contributed by atoms with Crippen LogP contribution in [0.1, 0.15) is 92.6 Å². The molecule has 2 fully saturated rings. The first-order chi connectivity index (χ1) is 14.5. The molecule has 2 saturated heterocycles. The van der Waals surface area contributed by atoms with Crippen molar-refractivity contribution in [1.82, 2.24) is 0 Å². The van der Waals surface area contributed by atoms with Crippen molar-refractivity contribution in [2.75, 3.05) is 0 Å². The fourth-order valence-electron chi connectivity index (χ4n) is 7.49. The second kappa shape index (κ2) is 7.15. The molecule has 2 aromatic rings. The Balaban J connectivity index is 1.71. The number of hydrogen-bond acceptors (Lipinski definition) is 0. The average Bonchev–Trinajstić information content (AvgIpc) is 2.65. The van der Waals surface area contributed by atoms with Crippen LogP contribution in [-0.4, -0.2) is 15.5 Å². The fourth-order valence-corrected chi connectivity index (χ4v) is 16.3. The Labute approximate surface area is 193 Å². The minimum Gasteiger partial charge on any atom is -0.0631 e. The van der Waals surface area contributed by atoms with E-state index in [2.05, 4.69) is 90.9 Å². The lowest BCUT2D eigenvalue weighted by Gasteiger charge is -2.60. The molecule has 0 aliphatic carbocycles. The van der Waals surface area contributed by atoms with Gasteiger partial charge in [-0.25, -0.2) is 0 Å². The standard InChI is InChI=1S/C29H40P2/c1-26(2)17-11-18-27(3,4)30(26)24-16-9-8-13-21(24)22-14-10-15-23-25(22)31-28(5,6)19-12-20-29(23,31)7/h8-10,13-16H,11-12,17-20H2,1-7H3. The van der Waals surface area contributed by atoms with Crippen molar-refractivity contribution < 1.29 is 0 Å². The van der Waals surface area contributed by atoms with E-state index in [-0.39, 0.29) is 15.8 Å². The molecule has 2 unspecified atom stereocenters. The summed E-state index contributed by atoms with van der Waals surface area (Å²) >= 11 is 0. The van der Waals surface area contributed by atoms with Crippen LogP contribution in [0.5, 0.6) is 0 Å². The smallest absolute Gasteiger partial charge is 0.0178 e. The molecule has 0 N–H and O–H groups in total. The molecule has 0 nitrogen and oxygen atoms in total. The molecule has 5 rings (SSSR count). The molecule has 3 aliphatic rings. The summed E-state index contributed by atoms with van der Waals surface area (Å²) in [5.74, 6) is 0. The van der Waals surface area contributed by atoms with Crippen LogP contribution in [0.25, 0.3) is 11.1 Å². The lowest BCUT2D eigenvalue weighted by molar-refractivity contribution is 0.450. The Morgan fingerprint density at radius 1 is 0.581 bits per heavy atom. The minimum absolute atomic E-state index is 0.128. The highest BCUT2D eigenvalue weighted by molar-refractivity contribution is 7.71. The molecule has 2 atom stereocenters. The second-order valence-corrected chi connectivity index (χ2v) is 19.2. The van der Waals surface area contributed by atoms with E-state index in [9.17, 15) is 0 Å². The third-order valence-corrected chi connectivity index (χ3v) is 16.2. The summed E-state index contributed by atoms with van der Waals surface area (Å²) in [5.41, 5.74) is 4.81. The summed E-state index contributed by atoms with van der Waals surface area (Å²) in [7, 11) is -0.372. The molecule has 2 heteroatoms. The molecule has 2 aromatic carbocycles. The predicted molar refractivity (Wildman–Crippen MR) is 142 cm³/mol. The van der Waals surface area contributed by atoms with Gasteiger partial charge in [-0.1, -0.05) is 120 Å². The van der Waals surface area contributed by atoms with Crippen LogP contribution >= 0.6 is 15.8 Å². The van der Waals surface area contributed by atoms with Gasteiger partial charge in [0.2, 0.25) is 0 Å². The Morgan fingerprint density at radius 3 is 1.81 bits per heavy atom. The Kier molecular flexibility index (Phi) is 5.10. The van der Waals surface area contributed by atoms with Crippen molar-refractivity contribution in [2.45, 2.75) is 108 Å². The molecule has 3 heterocycles. The van der Waals surface area contributed by atoms with Gasteiger partial charge < -0.3 is 0 Å². The third kappa shape index (κ3) is 3.22. The van der Waals surface area contributed by atoms with Crippen molar-refractivity contribution in [3.63, 3.8) is 0 Å². The van der Waals surface area contributed by atoms with E-state index in [0.717, 1.165) is 0 Å². The Bertz CT molecular complexity index is 999. The van der Waals surface area contributed by atoms with Crippen LogP contribution in [0.3, 0.4) is 0 Å². The molecule has 0 amide bonds. The van der Waals surface area contributed by atoms with Crippen molar-refractivity contribution >= 4 is 26.5 Å². The summed E-state index contributed by atoms with van der Waals surface area (Å²) in [4.78, 5) is 0. The molecule has 31 heavy (non-hydrogen) atoms. The van der Waals surface area contributed by atoms with Gasteiger partial charge in [-0.2, -0.15) is 0 Å². The number of hydrogen-bond donors (Lipinski definition) is 0. The van der Waals surface area contributed by atoms with Gasteiger partial charge in [0.05, 0.1) is 0 Å². The van der Waals surface area contributed by atoms with Crippen LogP contribution in [0.4, 0.5) is 0 Å². The van der Waals surface area contributed by atoms with Gasteiger partial charge in [-0.15, -0.1) is 0 Å². The van der Waals surface area contributed by atoms with Gasteiger partial charge in [-0.05, 0) is 68.5 Å². The zero-order chi connectivity index (χ0) is 22.2. The lowest BCUT2D eigenvalue weighted by Crippen LogP contribution is -2.50. The number of rotatable bonds is 2. The second-order valence-electron chi connectivity index (χ2n) is 12.3. The number of fused-ring (bicyclic) bond motifs is 4. The van der Waals surface area contributed by atoms with E-state index in [1.165, 1.54) is 38.5 Å². The van der Waals surface area contributed by atoms with E-state index >= 15 is 0 Å². The van der Waals surface area contributed by atoms with E-state index < -0.39 is 0 Å². The highest BCUT2D eigenvalue weighted by Crippen LogP contribution is 2.76. The van der Waals surface area contributed by atoms with Crippen molar-refractivity contribution in [1.29, 1.82) is 0 Å². The van der Waals surface area contributed by atoms with Crippen LogP contribution in [0.15, 0.2) is 42.5 Å². The normalized spacial score (nSPS) is 30.7. The quantitative estimate of drug-likeness (QED) is 0.402. The van der Waals surface area contributed by atoms with Crippen LogP contribution in [0.2, 0.25) is 0 Å². The Hall–Kier alpha value is -0.700. The zero-order valence-corrected chi connectivity index (χ0v) is 22.5. The highest BCUT2D eigenvalue weighted by Gasteiger charge is 2.57. The molecule has 0 aromatic heterocycles. The number of benzene rings is 2. The first-order valence-corrected chi connectivity index (χ1v) is 15.0. The van der Waals surface area contributed by atoms with E-state index in [0.29, 0.717) is 20.6 Å². The molecule has 166 valence electrons. The first-order valence-electron chi connectivity index (χ1n) is 12.3. The van der Waals surface area contributed by atoms with Crippen LogP contribution in [0, 0.1) is 0 Å². The SMILES string of the molecule is CC1(C)CCCC(C)(C)P1c1ccccc1-c1cccc2c1P1C(C)(C)CCCC21C. The predicted octanol–water partition coefficient (Wildman–Crippen LogP) is 8.50. The van der Waals surface area contributed by atoms with Gasteiger partial charge in [0.25, 0.3) is 0 Å². The molecule has 0 bridgehead atoms. The molecule has 0 radical (unpaired) electrons. The van der Waals surface area contributed by atoms with Gasteiger partial charge in [-0.3, -0.25) is 0 Å². The van der Waals surface area contributed by atoms with Crippen molar-refractivity contribution in [2.24, 2.45) is 0 Å². The maximum atomic E-state index is 2.58. The monoisotopic (exact) mass is 450 g/mol. The molecule has 0 saturated carbocycles.